The van der Waals surface area contributed by atoms with Gasteiger partial charge in [0, 0.05) is 19.4 Å². The second-order valence-electron chi connectivity index (χ2n) is 6.36. The van der Waals surface area contributed by atoms with E-state index in [-0.39, 0.29) is 11.9 Å². The monoisotopic (exact) mass is 320 g/mol. The topological polar surface area (TPSA) is 50.5 Å². The van der Waals surface area contributed by atoms with E-state index in [0.29, 0.717) is 11.5 Å². The molecular weight excluding hydrogens is 300 g/mol. The highest BCUT2D eigenvalue weighted by atomic mass is 16.2. The van der Waals surface area contributed by atoms with Crippen molar-refractivity contribution in [1.82, 2.24) is 19.3 Å². The summed E-state index contributed by atoms with van der Waals surface area (Å²) >= 11 is 0. The lowest BCUT2D eigenvalue weighted by Crippen LogP contribution is -2.34. The van der Waals surface area contributed by atoms with Crippen molar-refractivity contribution < 1.29 is 4.79 Å². The molecule has 3 aromatic rings. The van der Waals surface area contributed by atoms with E-state index in [1.165, 1.54) is 11.1 Å². The number of benzene rings is 1. The van der Waals surface area contributed by atoms with E-state index < -0.39 is 0 Å². The summed E-state index contributed by atoms with van der Waals surface area (Å²) in [7, 11) is 1.89. The second-order valence-corrected chi connectivity index (χ2v) is 6.36. The van der Waals surface area contributed by atoms with E-state index >= 15 is 0 Å². The molecule has 0 radical (unpaired) electrons. The molecule has 122 valence electrons. The summed E-state index contributed by atoms with van der Waals surface area (Å²) in [5, 5.41) is 0. The van der Waals surface area contributed by atoms with Crippen LogP contribution in [0.3, 0.4) is 0 Å². The van der Waals surface area contributed by atoms with Gasteiger partial charge >= 0.3 is 0 Å². The van der Waals surface area contributed by atoms with E-state index in [9.17, 15) is 4.79 Å². The van der Waals surface area contributed by atoms with E-state index in [2.05, 4.69) is 34.2 Å². The molecule has 1 amide bonds. The molecule has 5 heteroatoms. The Morgan fingerprint density at radius 2 is 2.12 bits per heavy atom. The van der Waals surface area contributed by atoms with Crippen LogP contribution < -0.4 is 0 Å². The number of fused-ring (bicyclic) bond motifs is 2. The number of hydrogen-bond acceptors (Lipinski definition) is 3. The number of nitrogens with zero attached hydrogens (tertiary/aromatic N) is 4. The SMILES string of the molecule is Cc1nc2ncccn2c1C(=O)N(C)[C@@H]1CCCc2ccccc21. The van der Waals surface area contributed by atoms with Crippen LogP contribution in [0, 0.1) is 6.92 Å². The van der Waals surface area contributed by atoms with E-state index in [4.69, 9.17) is 0 Å². The number of aromatic nitrogens is 3. The fourth-order valence-corrected chi connectivity index (χ4v) is 3.69. The summed E-state index contributed by atoms with van der Waals surface area (Å²) in [6, 6.07) is 10.4. The molecule has 2 heterocycles. The molecule has 1 aromatic carbocycles. The van der Waals surface area contributed by atoms with Crippen LogP contribution in [0.15, 0.2) is 42.7 Å². The van der Waals surface area contributed by atoms with Gasteiger partial charge < -0.3 is 4.90 Å². The Bertz CT molecular complexity index is 915. The van der Waals surface area contributed by atoms with Gasteiger partial charge in [-0.25, -0.2) is 9.97 Å². The summed E-state index contributed by atoms with van der Waals surface area (Å²) in [4.78, 5) is 23.7. The molecule has 24 heavy (non-hydrogen) atoms. The van der Waals surface area contributed by atoms with Crippen molar-refractivity contribution in [3.63, 3.8) is 0 Å². The first-order valence-electron chi connectivity index (χ1n) is 8.31. The summed E-state index contributed by atoms with van der Waals surface area (Å²) in [5.74, 6) is 0.561. The Kier molecular flexibility index (Phi) is 3.56. The Morgan fingerprint density at radius 3 is 3.00 bits per heavy atom. The van der Waals surface area contributed by atoms with Gasteiger partial charge in [0.2, 0.25) is 5.78 Å². The molecule has 2 aromatic heterocycles. The molecule has 0 N–H and O–H groups in total. The van der Waals surface area contributed by atoms with Crippen LogP contribution in [0.4, 0.5) is 0 Å². The maximum atomic E-state index is 13.2. The summed E-state index contributed by atoms with van der Waals surface area (Å²) in [6.07, 6.45) is 6.73. The minimum atomic E-state index is -0.00490. The third-order valence-corrected chi connectivity index (χ3v) is 4.91. The lowest BCUT2D eigenvalue weighted by atomic mass is 9.87. The fraction of sp³-hybridized carbons (Fsp3) is 0.316. The van der Waals surface area contributed by atoms with Crippen molar-refractivity contribution in [3.8, 4) is 0 Å². The summed E-state index contributed by atoms with van der Waals surface area (Å²) in [5.41, 5.74) is 3.94. The van der Waals surface area contributed by atoms with Gasteiger partial charge in [0.25, 0.3) is 5.91 Å². The molecule has 1 atom stereocenters. The number of amides is 1. The predicted octanol–water partition coefficient (Wildman–Crippen LogP) is 3.19. The number of imidazole rings is 1. The minimum absolute atomic E-state index is 0.00490. The Morgan fingerprint density at radius 1 is 1.29 bits per heavy atom. The molecule has 0 saturated heterocycles. The molecule has 0 fully saturated rings. The van der Waals surface area contributed by atoms with Crippen LogP contribution >= 0.6 is 0 Å². The van der Waals surface area contributed by atoms with Gasteiger partial charge in [-0.3, -0.25) is 9.20 Å². The van der Waals surface area contributed by atoms with Crippen molar-refractivity contribution in [2.24, 2.45) is 0 Å². The van der Waals surface area contributed by atoms with Crippen molar-refractivity contribution >= 4 is 11.7 Å². The standard InChI is InChI=1S/C19H20N4O/c1-13-17(23-12-6-11-20-19(23)21-13)18(24)22(2)16-10-5-8-14-7-3-4-9-15(14)16/h3-4,6-7,9,11-12,16H,5,8,10H2,1-2H3/t16-/m1/s1. The average Bonchev–Trinajstić information content (AvgIpc) is 2.95. The number of rotatable bonds is 2. The van der Waals surface area contributed by atoms with Gasteiger partial charge in [0.15, 0.2) is 0 Å². The second kappa shape index (κ2) is 5.74. The number of carbonyl (C=O) groups excluding carboxylic acids is 1. The van der Waals surface area contributed by atoms with Gasteiger partial charge in [-0.2, -0.15) is 0 Å². The van der Waals surface area contributed by atoms with Crippen LogP contribution in [0.2, 0.25) is 0 Å². The lowest BCUT2D eigenvalue weighted by molar-refractivity contribution is 0.0707. The minimum Gasteiger partial charge on any atom is -0.333 e. The van der Waals surface area contributed by atoms with Crippen LogP contribution in [-0.2, 0) is 6.42 Å². The summed E-state index contributed by atoms with van der Waals surface area (Å²) in [6.45, 7) is 1.87. The normalized spacial score (nSPS) is 16.8. The Balaban J connectivity index is 1.74. The van der Waals surface area contributed by atoms with Crippen molar-refractivity contribution in [3.05, 3.63) is 65.2 Å². The average molecular weight is 320 g/mol. The molecule has 0 spiro atoms. The van der Waals surface area contributed by atoms with Gasteiger partial charge in [0.1, 0.15) is 5.69 Å². The maximum Gasteiger partial charge on any atom is 0.273 e. The predicted molar refractivity (Wildman–Crippen MR) is 91.9 cm³/mol. The van der Waals surface area contributed by atoms with Gasteiger partial charge in [0.05, 0.1) is 11.7 Å². The Hall–Kier alpha value is -2.69. The largest absolute Gasteiger partial charge is 0.333 e. The quantitative estimate of drug-likeness (QED) is 0.728. The lowest BCUT2D eigenvalue weighted by Gasteiger charge is -2.33. The van der Waals surface area contributed by atoms with Crippen molar-refractivity contribution in [1.29, 1.82) is 0 Å². The van der Waals surface area contributed by atoms with Gasteiger partial charge in [-0.1, -0.05) is 24.3 Å². The molecule has 4 rings (SSSR count). The molecule has 0 unspecified atom stereocenters. The highest BCUT2D eigenvalue weighted by Crippen LogP contribution is 2.34. The van der Waals surface area contributed by atoms with E-state index in [0.717, 1.165) is 25.0 Å². The zero-order valence-corrected chi connectivity index (χ0v) is 13.9. The van der Waals surface area contributed by atoms with E-state index in [1.54, 1.807) is 10.6 Å². The zero-order valence-electron chi connectivity index (χ0n) is 13.9. The van der Waals surface area contributed by atoms with Crippen LogP contribution in [0.1, 0.15) is 46.2 Å². The molecule has 1 aliphatic carbocycles. The maximum absolute atomic E-state index is 13.2. The Labute approximate surface area is 141 Å². The molecule has 0 aliphatic heterocycles. The van der Waals surface area contributed by atoms with Crippen LogP contribution in [0.25, 0.3) is 5.78 Å². The molecular formula is C19H20N4O. The van der Waals surface area contributed by atoms with Crippen molar-refractivity contribution in [2.45, 2.75) is 32.2 Å². The third-order valence-electron chi connectivity index (χ3n) is 4.91. The number of hydrogen-bond donors (Lipinski definition) is 0. The molecule has 1 aliphatic rings. The zero-order chi connectivity index (χ0) is 16.7. The fourth-order valence-electron chi connectivity index (χ4n) is 3.69. The third kappa shape index (κ3) is 2.28. The highest BCUT2D eigenvalue weighted by Gasteiger charge is 2.29. The van der Waals surface area contributed by atoms with Gasteiger partial charge in [-0.15, -0.1) is 0 Å². The highest BCUT2D eigenvalue weighted by molar-refractivity contribution is 5.94. The molecule has 0 saturated carbocycles. The summed E-state index contributed by atoms with van der Waals surface area (Å²) < 4.78 is 1.78. The smallest absolute Gasteiger partial charge is 0.273 e. The van der Waals surface area contributed by atoms with E-state index in [1.807, 2.05) is 31.1 Å². The van der Waals surface area contributed by atoms with Crippen LogP contribution in [-0.4, -0.2) is 32.2 Å². The number of carbonyl (C=O) groups is 1. The first-order valence-corrected chi connectivity index (χ1v) is 8.31. The van der Waals surface area contributed by atoms with Crippen LogP contribution in [0.5, 0.6) is 0 Å². The molecule has 0 bridgehead atoms. The van der Waals surface area contributed by atoms with Crippen molar-refractivity contribution in [2.75, 3.05) is 7.05 Å². The first kappa shape index (κ1) is 14.9. The molecule has 5 nitrogen and oxygen atoms in total. The number of aryl methyl sites for hydroxylation is 2. The first-order chi connectivity index (χ1) is 11.7. The van der Waals surface area contributed by atoms with Gasteiger partial charge in [-0.05, 0) is 43.4 Å².